The van der Waals surface area contributed by atoms with Crippen LogP contribution >= 0.6 is 24.0 Å². The van der Waals surface area contributed by atoms with E-state index in [4.69, 9.17) is 17.3 Å². The number of hydrogen-bond acceptors (Lipinski definition) is 3. The van der Waals surface area contributed by atoms with Crippen LogP contribution in [-0.4, -0.2) is 10.2 Å². The first-order valence-corrected chi connectivity index (χ1v) is 2.83. The number of nitrogen functional groups attached to an aromatic ring is 1. The highest BCUT2D eigenvalue weighted by Crippen LogP contribution is 2.09. The quantitative estimate of drug-likeness (QED) is 0.657. The molecule has 1 rings (SSSR count). The molecule has 0 aromatic carbocycles. The number of aromatic nitrogens is 2. The Morgan fingerprint density at radius 3 is 2.50 bits per heavy atom. The minimum Gasteiger partial charge on any atom is -0.382 e. The van der Waals surface area contributed by atoms with Crippen molar-refractivity contribution in [2.75, 3.05) is 5.73 Å². The predicted molar refractivity (Wildman–Crippen MR) is 43.4 cm³/mol. The maximum absolute atomic E-state index is 5.49. The van der Waals surface area contributed by atoms with Crippen LogP contribution in [0.25, 0.3) is 0 Å². The molecule has 0 radical (unpaired) electrons. The zero-order valence-corrected chi connectivity index (χ0v) is 6.91. The van der Waals surface area contributed by atoms with Crippen molar-refractivity contribution in [2.45, 2.75) is 6.92 Å². The number of hydrogen-bond donors (Lipinski definition) is 1. The van der Waals surface area contributed by atoms with E-state index in [-0.39, 0.29) is 12.4 Å². The summed E-state index contributed by atoms with van der Waals surface area (Å²) in [6.07, 6.45) is 0. The summed E-state index contributed by atoms with van der Waals surface area (Å²) in [5, 5.41) is 7.48. The van der Waals surface area contributed by atoms with Crippen LogP contribution in [0.3, 0.4) is 0 Å². The third kappa shape index (κ3) is 2.01. The second-order valence-electron chi connectivity index (χ2n) is 1.74. The minimum atomic E-state index is 0. The van der Waals surface area contributed by atoms with Crippen LogP contribution in [0.2, 0.25) is 5.15 Å². The molecule has 0 aliphatic heterocycles. The normalized spacial score (nSPS) is 8.60. The third-order valence-corrected chi connectivity index (χ3v) is 1.18. The zero-order chi connectivity index (χ0) is 6.85. The number of aryl methyl sites for hydroxylation is 1. The molecule has 3 nitrogen and oxygen atoms in total. The molecule has 5 heteroatoms. The van der Waals surface area contributed by atoms with E-state index in [1.165, 1.54) is 0 Å². The Kier molecular flexibility index (Phi) is 3.39. The van der Waals surface area contributed by atoms with Crippen LogP contribution < -0.4 is 5.73 Å². The number of rotatable bonds is 0. The van der Waals surface area contributed by atoms with Crippen molar-refractivity contribution < 1.29 is 0 Å². The number of nitrogens with zero attached hydrogens (tertiary/aromatic N) is 2. The van der Waals surface area contributed by atoms with Crippen molar-refractivity contribution in [3.8, 4) is 0 Å². The maximum atomic E-state index is 5.49. The molecule has 10 heavy (non-hydrogen) atoms. The SMILES string of the molecule is Cc1cc(Cl)nnc1N.Cl. The van der Waals surface area contributed by atoms with Gasteiger partial charge < -0.3 is 5.73 Å². The monoisotopic (exact) mass is 179 g/mol. The first kappa shape index (κ1) is 9.46. The lowest BCUT2D eigenvalue weighted by molar-refractivity contribution is 1.03. The fraction of sp³-hybridized carbons (Fsp3) is 0.200. The molecule has 0 spiro atoms. The summed E-state index contributed by atoms with van der Waals surface area (Å²) in [6.45, 7) is 1.83. The highest BCUT2D eigenvalue weighted by molar-refractivity contribution is 6.29. The van der Waals surface area contributed by atoms with Gasteiger partial charge in [-0.15, -0.1) is 22.6 Å². The van der Waals surface area contributed by atoms with Crippen molar-refractivity contribution in [3.05, 3.63) is 16.8 Å². The summed E-state index contributed by atoms with van der Waals surface area (Å²) in [4.78, 5) is 0. The Hall–Kier alpha value is -0.540. The molecule has 0 saturated carbocycles. The summed E-state index contributed by atoms with van der Waals surface area (Å²) in [7, 11) is 0. The van der Waals surface area contributed by atoms with Gasteiger partial charge in [0.05, 0.1) is 0 Å². The van der Waals surface area contributed by atoms with E-state index in [1.54, 1.807) is 6.07 Å². The smallest absolute Gasteiger partial charge is 0.152 e. The molecule has 1 aromatic rings. The second kappa shape index (κ2) is 3.58. The summed E-state index contributed by atoms with van der Waals surface area (Å²) in [5.41, 5.74) is 6.21. The van der Waals surface area contributed by atoms with Crippen LogP contribution in [0, 0.1) is 6.92 Å². The van der Waals surface area contributed by atoms with Crippen LogP contribution in [-0.2, 0) is 0 Å². The topological polar surface area (TPSA) is 51.8 Å². The van der Waals surface area contributed by atoms with Crippen molar-refractivity contribution >= 4 is 29.8 Å². The van der Waals surface area contributed by atoms with Crippen LogP contribution in [0.1, 0.15) is 5.56 Å². The van der Waals surface area contributed by atoms with Gasteiger partial charge in [0.15, 0.2) is 5.15 Å². The van der Waals surface area contributed by atoms with E-state index in [1.807, 2.05) is 6.92 Å². The van der Waals surface area contributed by atoms with E-state index in [0.717, 1.165) is 5.56 Å². The van der Waals surface area contributed by atoms with Gasteiger partial charge in [0.25, 0.3) is 0 Å². The van der Waals surface area contributed by atoms with Crippen LogP contribution in [0.5, 0.6) is 0 Å². The van der Waals surface area contributed by atoms with Gasteiger partial charge in [-0.05, 0) is 18.6 Å². The average molecular weight is 180 g/mol. The summed E-state index contributed by atoms with van der Waals surface area (Å²) in [6, 6.07) is 1.67. The van der Waals surface area contributed by atoms with Gasteiger partial charge in [0.2, 0.25) is 0 Å². The maximum Gasteiger partial charge on any atom is 0.152 e. The van der Waals surface area contributed by atoms with Crippen LogP contribution in [0.15, 0.2) is 6.07 Å². The molecular formula is C5H7Cl2N3. The predicted octanol–water partition coefficient (Wildman–Crippen LogP) is 1.44. The molecule has 0 amide bonds. The largest absolute Gasteiger partial charge is 0.382 e. The molecule has 2 N–H and O–H groups in total. The second-order valence-corrected chi connectivity index (χ2v) is 2.12. The van der Waals surface area contributed by atoms with Gasteiger partial charge in [0.1, 0.15) is 5.82 Å². The van der Waals surface area contributed by atoms with E-state index in [9.17, 15) is 0 Å². The Bertz CT molecular complexity index is 226. The average Bonchev–Trinajstić information content (AvgIpc) is 1.80. The highest BCUT2D eigenvalue weighted by Gasteiger charge is 1.94. The zero-order valence-electron chi connectivity index (χ0n) is 5.34. The van der Waals surface area contributed by atoms with Gasteiger partial charge in [-0.1, -0.05) is 11.6 Å². The number of anilines is 1. The van der Waals surface area contributed by atoms with Gasteiger partial charge in [-0.3, -0.25) is 0 Å². The Morgan fingerprint density at radius 2 is 2.10 bits per heavy atom. The third-order valence-electron chi connectivity index (χ3n) is 0.993. The Labute approximate surface area is 70.0 Å². The standard InChI is InChI=1S/C5H6ClN3.ClH/c1-3-2-4(6)8-9-5(3)7;/h2H,1H3,(H2,7,9);1H. The fourth-order valence-electron chi connectivity index (χ4n) is 0.462. The van der Waals surface area contributed by atoms with E-state index >= 15 is 0 Å². The summed E-state index contributed by atoms with van der Waals surface area (Å²) in [5.74, 6) is 0.430. The molecule has 1 heterocycles. The minimum absolute atomic E-state index is 0. The van der Waals surface area contributed by atoms with E-state index in [0.29, 0.717) is 11.0 Å². The van der Waals surface area contributed by atoms with E-state index < -0.39 is 0 Å². The molecule has 0 aliphatic carbocycles. The highest BCUT2D eigenvalue weighted by atomic mass is 35.5. The molecular weight excluding hydrogens is 173 g/mol. The molecule has 0 atom stereocenters. The molecule has 0 saturated heterocycles. The van der Waals surface area contributed by atoms with Gasteiger partial charge in [0, 0.05) is 0 Å². The molecule has 56 valence electrons. The molecule has 0 unspecified atom stereocenters. The first-order chi connectivity index (χ1) is 4.20. The molecule has 0 fully saturated rings. The van der Waals surface area contributed by atoms with Gasteiger partial charge in [-0.25, -0.2) is 0 Å². The first-order valence-electron chi connectivity index (χ1n) is 2.45. The molecule has 0 bridgehead atoms. The van der Waals surface area contributed by atoms with Crippen molar-refractivity contribution in [1.82, 2.24) is 10.2 Å². The molecule has 0 aliphatic rings. The van der Waals surface area contributed by atoms with Gasteiger partial charge >= 0.3 is 0 Å². The molecule has 1 aromatic heterocycles. The van der Waals surface area contributed by atoms with Crippen molar-refractivity contribution in [1.29, 1.82) is 0 Å². The lowest BCUT2D eigenvalue weighted by Gasteiger charge is -1.94. The van der Waals surface area contributed by atoms with E-state index in [2.05, 4.69) is 10.2 Å². The lowest BCUT2D eigenvalue weighted by Crippen LogP contribution is -1.95. The summed E-state index contributed by atoms with van der Waals surface area (Å²) < 4.78 is 0. The van der Waals surface area contributed by atoms with Crippen LogP contribution in [0.4, 0.5) is 5.82 Å². The Morgan fingerprint density at radius 1 is 1.50 bits per heavy atom. The van der Waals surface area contributed by atoms with Crippen molar-refractivity contribution in [3.63, 3.8) is 0 Å². The lowest BCUT2D eigenvalue weighted by atomic mass is 10.3. The Balaban J connectivity index is 0.000000810. The fourth-order valence-corrected chi connectivity index (χ4v) is 0.663. The van der Waals surface area contributed by atoms with Gasteiger partial charge in [-0.2, -0.15) is 0 Å². The number of nitrogens with two attached hydrogens (primary N) is 1. The summed E-state index contributed by atoms with van der Waals surface area (Å²) >= 11 is 5.49. The van der Waals surface area contributed by atoms with Crippen molar-refractivity contribution in [2.24, 2.45) is 0 Å². The number of halogens is 2.